The molecule has 0 spiro atoms. The summed E-state index contributed by atoms with van der Waals surface area (Å²) in [6, 6.07) is 7.94. The molecule has 1 aromatic rings. The van der Waals surface area contributed by atoms with Gasteiger partial charge in [-0.1, -0.05) is 18.2 Å². The van der Waals surface area contributed by atoms with Gasteiger partial charge in [0.2, 0.25) is 5.91 Å². The van der Waals surface area contributed by atoms with Crippen LogP contribution in [0.4, 0.5) is 0 Å². The van der Waals surface area contributed by atoms with E-state index >= 15 is 0 Å². The Bertz CT molecular complexity index is 420. The summed E-state index contributed by atoms with van der Waals surface area (Å²) in [5, 5.41) is 3.15. The molecular weight excluding hydrogens is 278 g/mol. The number of carbonyl (C=O) groups is 1. The minimum atomic E-state index is 0.122. The largest absolute Gasteiger partial charge is 0.496 e. The molecule has 0 aliphatic carbocycles. The maximum atomic E-state index is 12.0. The van der Waals surface area contributed by atoms with Gasteiger partial charge in [0.1, 0.15) is 5.75 Å². The first-order chi connectivity index (χ1) is 9.31. The van der Waals surface area contributed by atoms with Crippen LogP contribution in [0.25, 0.3) is 0 Å². The third-order valence-corrected chi connectivity index (χ3v) is 5.75. The Morgan fingerprint density at radius 2 is 2.26 bits per heavy atom. The third-order valence-electron chi connectivity index (χ3n) is 2.99. The number of para-hydroxylation sites is 1. The van der Waals surface area contributed by atoms with Crippen LogP contribution in [0, 0.1) is 0 Å². The summed E-state index contributed by atoms with van der Waals surface area (Å²) in [5.74, 6) is 4.24. The van der Waals surface area contributed by atoms with Gasteiger partial charge in [-0.3, -0.25) is 4.79 Å². The van der Waals surface area contributed by atoms with Gasteiger partial charge >= 0.3 is 0 Å². The minimum Gasteiger partial charge on any atom is -0.496 e. The van der Waals surface area contributed by atoms with Gasteiger partial charge in [0, 0.05) is 23.8 Å². The lowest BCUT2D eigenvalue weighted by atomic mass is 10.1. The van der Waals surface area contributed by atoms with E-state index in [0.717, 1.165) is 35.0 Å². The van der Waals surface area contributed by atoms with Gasteiger partial charge in [-0.15, -0.1) is 11.8 Å². The van der Waals surface area contributed by atoms with Crippen LogP contribution in [0.1, 0.15) is 5.56 Å². The van der Waals surface area contributed by atoms with Crippen molar-refractivity contribution in [2.75, 3.05) is 30.9 Å². The second-order valence-corrected chi connectivity index (χ2v) is 6.75. The topological polar surface area (TPSA) is 38.3 Å². The molecule has 1 saturated heterocycles. The molecule has 1 unspecified atom stereocenters. The maximum Gasteiger partial charge on any atom is 0.233 e. The highest BCUT2D eigenvalue weighted by atomic mass is 32.2. The minimum absolute atomic E-state index is 0.122. The van der Waals surface area contributed by atoms with E-state index in [2.05, 4.69) is 5.32 Å². The molecule has 1 heterocycles. The molecule has 0 aromatic heterocycles. The summed E-state index contributed by atoms with van der Waals surface area (Å²) in [6.45, 7) is 0.668. The number of hydrogen-bond acceptors (Lipinski definition) is 4. The molecule has 1 aliphatic heterocycles. The van der Waals surface area contributed by atoms with Crippen molar-refractivity contribution in [3.05, 3.63) is 29.8 Å². The standard InChI is InChI=1S/C14H19NO2S2/c1-17-12-5-3-2-4-11(12)6-7-15-14(16)13-10-18-8-9-19-13/h2-5,13H,6-10H2,1H3,(H,15,16). The van der Waals surface area contributed by atoms with Crippen LogP contribution >= 0.6 is 23.5 Å². The van der Waals surface area contributed by atoms with E-state index < -0.39 is 0 Å². The molecule has 0 bridgehead atoms. The van der Waals surface area contributed by atoms with Crippen LogP contribution < -0.4 is 10.1 Å². The number of benzene rings is 1. The molecule has 1 fully saturated rings. The number of carbonyl (C=O) groups excluding carboxylic acids is 1. The van der Waals surface area contributed by atoms with Crippen molar-refractivity contribution in [1.82, 2.24) is 5.32 Å². The molecule has 19 heavy (non-hydrogen) atoms. The molecule has 3 nitrogen and oxygen atoms in total. The Hall–Kier alpha value is -0.810. The molecule has 0 saturated carbocycles. The Morgan fingerprint density at radius 3 is 3.00 bits per heavy atom. The number of amides is 1. The van der Waals surface area contributed by atoms with E-state index in [9.17, 15) is 4.79 Å². The number of hydrogen-bond donors (Lipinski definition) is 1. The van der Waals surface area contributed by atoms with Crippen molar-refractivity contribution in [2.45, 2.75) is 11.7 Å². The van der Waals surface area contributed by atoms with Crippen LogP contribution in [0.2, 0.25) is 0 Å². The predicted molar refractivity (Wildman–Crippen MR) is 83.3 cm³/mol. The summed E-state index contributed by atoms with van der Waals surface area (Å²) < 4.78 is 5.30. The van der Waals surface area contributed by atoms with Gasteiger partial charge in [-0.2, -0.15) is 11.8 Å². The van der Waals surface area contributed by atoms with Crippen molar-refractivity contribution in [3.8, 4) is 5.75 Å². The summed E-state index contributed by atoms with van der Waals surface area (Å²) in [7, 11) is 1.67. The van der Waals surface area contributed by atoms with Crippen LogP contribution in [0.5, 0.6) is 5.75 Å². The summed E-state index contributed by atoms with van der Waals surface area (Å²) in [4.78, 5) is 12.0. The Kier molecular flexibility index (Phi) is 5.92. The fraction of sp³-hybridized carbons (Fsp3) is 0.500. The predicted octanol–water partition coefficient (Wildman–Crippen LogP) is 2.20. The summed E-state index contributed by atoms with van der Waals surface area (Å²) >= 11 is 3.63. The first-order valence-electron chi connectivity index (χ1n) is 6.40. The number of ether oxygens (including phenoxy) is 1. The first-order valence-corrected chi connectivity index (χ1v) is 8.60. The van der Waals surface area contributed by atoms with Gasteiger partial charge in [-0.05, 0) is 18.1 Å². The van der Waals surface area contributed by atoms with Gasteiger partial charge in [0.25, 0.3) is 0 Å². The molecule has 104 valence electrons. The van der Waals surface area contributed by atoms with Crippen molar-refractivity contribution >= 4 is 29.4 Å². The normalized spacial score (nSPS) is 18.9. The van der Waals surface area contributed by atoms with Crippen molar-refractivity contribution in [3.63, 3.8) is 0 Å². The highest BCUT2D eigenvalue weighted by Crippen LogP contribution is 2.24. The molecule has 0 radical (unpaired) electrons. The zero-order chi connectivity index (χ0) is 13.5. The fourth-order valence-electron chi connectivity index (χ4n) is 1.98. The summed E-state index contributed by atoms with van der Waals surface area (Å²) in [5.41, 5.74) is 1.14. The molecule has 2 rings (SSSR count). The van der Waals surface area contributed by atoms with E-state index in [4.69, 9.17) is 4.74 Å². The Balaban J connectivity index is 1.78. The number of nitrogens with one attached hydrogen (secondary N) is 1. The van der Waals surface area contributed by atoms with Crippen LogP contribution in [0.3, 0.4) is 0 Å². The van der Waals surface area contributed by atoms with Crippen LogP contribution in [-0.2, 0) is 11.2 Å². The van der Waals surface area contributed by atoms with Crippen molar-refractivity contribution < 1.29 is 9.53 Å². The molecule has 1 aromatic carbocycles. The van der Waals surface area contributed by atoms with Gasteiger partial charge < -0.3 is 10.1 Å². The zero-order valence-corrected chi connectivity index (χ0v) is 12.7. The van der Waals surface area contributed by atoms with Crippen LogP contribution in [-0.4, -0.2) is 42.1 Å². The van der Waals surface area contributed by atoms with Gasteiger partial charge in [0.15, 0.2) is 0 Å². The highest BCUT2D eigenvalue weighted by molar-refractivity contribution is 8.07. The Labute approximate surface area is 122 Å². The van der Waals surface area contributed by atoms with E-state index in [1.807, 2.05) is 36.0 Å². The molecular formula is C14H19NO2S2. The molecule has 1 N–H and O–H groups in total. The first kappa shape index (κ1) is 14.6. The maximum absolute atomic E-state index is 12.0. The summed E-state index contributed by atoms with van der Waals surface area (Å²) in [6.07, 6.45) is 0.806. The number of rotatable bonds is 5. The molecule has 1 aliphatic rings. The third kappa shape index (κ3) is 4.35. The number of thioether (sulfide) groups is 2. The van der Waals surface area contributed by atoms with E-state index in [-0.39, 0.29) is 11.2 Å². The second kappa shape index (κ2) is 7.70. The van der Waals surface area contributed by atoms with Crippen molar-refractivity contribution in [2.24, 2.45) is 0 Å². The van der Waals surface area contributed by atoms with E-state index in [0.29, 0.717) is 6.54 Å². The van der Waals surface area contributed by atoms with Crippen LogP contribution in [0.15, 0.2) is 24.3 Å². The smallest absolute Gasteiger partial charge is 0.233 e. The molecule has 5 heteroatoms. The Morgan fingerprint density at radius 1 is 1.42 bits per heavy atom. The van der Waals surface area contributed by atoms with E-state index in [1.54, 1.807) is 18.9 Å². The fourth-order valence-corrected chi connectivity index (χ4v) is 4.56. The lowest BCUT2D eigenvalue weighted by Crippen LogP contribution is -2.37. The monoisotopic (exact) mass is 297 g/mol. The van der Waals surface area contributed by atoms with Crippen molar-refractivity contribution in [1.29, 1.82) is 0 Å². The lowest BCUT2D eigenvalue weighted by Gasteiger charge is -2.20. The van der Waals surface area contributed by atoms with E-state index in [1.165, 1.54) is 0 Å². The highest BCUT2D eigenvalue weighted by Gasteiger charge is 2.21. The van der Waals surface area contributed by atoms with Gasteiger partial charge in [-0.25, -0.2) is 0 Å². The SMILES string of the molecule is COc1ccccc1CCNC(=O)C1CSCCS1. The zero-order valence-electron chi connectivity index (χ0n) is 11.1. The quantitative estimate of drug-likeness (QED) is 0.904. The average Bonchev–Trinajstić information content (AvgIpc) is 2.48. The molecule has 1 amide bonds. The average molecular weight is 297 g/mol. The lowest BCUT2D eigenvalue weighted by molar-refractivity contribution is -0.120. The van der Waals surface area contributed by atoms with Gasteiger partial charge in [0.05, 0.1) is 12.4 Å². The molecule has 1 atom stereocenters. The second-order valence-electron chi connectivity index (χ2n) is 4.29. The number of methoxy groups -OCH3 is 1.